The number of anilines is 1. The van der Waals surface area contributed by atoms with E-state index in [2.05, 4.69) is 22.8 Å². The first-order chi connectivity index (χ1) is 7.43. The van der Waals surface area contributed by atoms with E-state index in [0.29, 0.717) is 0 Å². The molecule has 0 saturated carbocycles. The molecule has 3 heteroatoms. The van der Waals surface area contributed by atoms with Gasteiger partial charge in [-0.3, -0.25) is 0 Å². The molecule has 0 heterocycles. The summed E-state index contributed by atoms with van der Waals surface area (Å²) in [5.74, 6) is 0. The molecule has 1 rings (SSSR count). The average Bonchev–Trinajstić information content (AvgIpc) is 2.29. The van der Waals surface area contributed by atoms with Gasteiger partial charge in [0.2, 0.25) is 0 Å². The Kier molecular flexibility index (Phi) is 6.62. The van der Waals surface area contributed by atoms with Crippen LogP contribution in [0.1, 0.15) is 6.42 Å². The molecule has 84 valence electrons. The van der Waals surface area contributed by atoms with E-state index in [9.17, 15) is 0 Å². The summed E-state index contributed by atoms with van der Waals surface area (Å²) in [6.45, 7) is 3.79. The van der Waals surface area contributed by atoms with Crippen LogP contribution in [0.25, 0.3) is 0 Å². The fraction of sp³-hybridized carbons (Fsp3) is 0.500. The standard InChI is InChI=1S/C12H20N2O/c1-15-11-5-8-13-9-10-14-12-6-3-2-4-7-12/h2-4,6-7,13-14H,5,8-11H2,1H3. The van der Waals surface area contributed by atoms with Gasteiger partial charge in [-0.05, 0) is 25.1 Å². The van der Waals surface area contributed by atoms with Gasteiger partial charge in [0.05, 0.1) is 0 Å². The second-order valence-corrected chi connectivity index (χ2v) is 3.39. The fourth-order valence-electron chi connectivity index (χ4n) is 1.32. The number of rotatable bonds is 8. The molecule has 0 fully saturated rings. The van der Waals surface area contributed by atoms with Crippen LogP contribution in [0.2, 0.25) is 0 Å². The monoisotopic (exact) mass is 208 g/mol. The van der Waals surface area contributed by atoms with Crippen molar-refractivity contribution >= 4 is 5.69 Å². The van der Waals surface area contributed by atoms with E-state index in [0.717, 1.165) is 32.7 Å². The Morgan fingerprint density at radius 1 is 1.07 bits per heavy atom. The Morgan fingerprint density at radius 2 is 1.87 bits per heavy atom. The molecule has 15 heavy (non-hydrogen) atoms. The first kappa shape index (κ1) is 12.0. The second-order valence-electron chi connectivity index (χ2n) is 3.39. The molecule has 0 aromatic heterocycles. The van der Waals surface area contributed by atoms with Gasteiger partial charge in [0.15, 0.2) is 0 Å². The lowest BCUT2D eigenvalue weighted by Crippen LogP contribution is -2.23. The predicted molar refractivity (Wildman–Crippen MR) is 64.3 cm³/mol. The lowest BCUT2D eigenvalue weighted by atomic mass is 10.3. The van der Waals surface area contributed by atoms with Crippen LogP contribution in [0, 0.1) is 0 Å². The second kappa shape index (κ2) is 8.26. The third kappa shape index (κ3) is 6.10. The van der Waals surface area contributed by atoms with Crippen molar-refractivity contribution in [3.8, 4) is 0 Å². The number of hydrogen-bond donors (Lipinski definition) is 2. The minimum absolute atomic E-state index is 0.832. The Labute approximate surface area is 91.8 Å². The van der Waals surface area contributed by atoms with Crippen LogP contribution in [0.5, 0.6) is 0 Å². The van der Waals surface area contributed by atoms with Gasteiger partial charge in [-0.25, -0.2) is 0 Å². The highest BCUT2D eigenvalue weighted by molar-refractivity contribution is 5.42. The van der Waals surface area contributed by atoms with E-state index in [4.69, 9.17) is 4.74 Å². The van der Waals surface area contributed by atoms with Gasteiger partial charge in [0.1, 0.15) is 0 Å². The van der Waals surface area contributed by atoms with E-state index < -0.39 is 0 Å². The van der Waals surface area contributed by atoms with Gasteiger partial charge in [0, 0.05) is 32.5 Å². The molecule has 1 aromatic rings. The van der Waals surface area contributed by atoms with Crippen LogP contribution in [-0.2, 0) is 4.74 Å². The van der Waals surface area contributed by atoms with Crippen LogP contribution < -0.4 is 10.6 Å². The first-order valence-electron chi connectivity index (χ1n) is 5.42. The third-order valence-corrected chi connectivity index (χ3v) is 2.11. The van der Waals surface area contributed by atoms with Crippen LogP contribution in [0.4, 0.5) is 5.69 Å². The summed E-state index contributed by atoms with van der Waals surface area (Å²) < 4.78 is 4.96. The summed E-state index contributed by atoms with van der Waals surface area (Å²) >= 11 is 0. The number of hydrogen-bond acceptors (Lipinski definition) is 3. The van der Waals surface area contributed by atoms with Crippen molar-refractivity contribution in [3.63, 3.8) is 0 Å². The lowest BCUT2D eigenvalue weighted by molar-refractivity contribution is 0.194. The molecule has 0 bridgehead atoms. The number of para-hydroxylation sites is 1. The van der Waals surface area contributed by atoms with Crippen molar-refractivity contribution in [1.29, 1.82) is 0 Å². The maximum Gasteiger partial charge on any atom is 0.0474 e. The minimum atomic E-state index is 0.832. The van der Waals surface area contributed by atoms with Crippen LogP contribution in [0.15, 0.2) is 30.3 Å². The zero-order valence-corrected chi connectivity index (χ0v) is 9.33. The number of benzene rings is 1. The van der Waals surface area contributed by atoms with E-state index in [1.165, 1.54) is 5.69 Å². The topological polar surface area (TPSA) is 33.3 Å². The highest BCUT2D eigenvalue weighted by Crippen LogP contribution is 2.03. The highest BCUT2D eigenvalue weighted by Gasteiger charge is 1.89. The van der Waals surface area contributed by atoms with Crippen molar-refractivity contribution < 1.29 is 4.74 Å². The van der Waals surface area contributed by atoms with Crippen LogP contribution in [-0.4, -0.2) is 33.4 Å². The molecule has 0 aliphatic heterocycles. The Balaban J connectivity index is 1.93. The molecule has 1 aromatic carbocycles. The van der Waals surface area contributed by atoms with Crippen molar-refractivity contribution in [1.82, 2.24) is 5.32 Å². The summed E-state index contributed by atoms with van der Waals surface area (Å²) in [7, 11) is 1.73. The summed E-state index contributed by atoms with van der Waals surface area (Å²) in [6.07, 6.45) is 1.07. The molecule has 2 N–H and O–H groups in total. The quantitative estimate of drug-likeness (QED) is 0.638. The molecule has 0 saturated heterocycles. The SMILES string of the molecule is COCCCNCCNc1ccccc1. The summed E-state index contributed by atoms with van der Waals surface area (Å²) in [5, 5.41) is 6.69. The third-order valence-electron chi connectivity index (χ3n) is 2.11. The molecule has 3 nitrogen and oxygen atoms in total. The molecule has 0 radical (unpaired) electrons. The maximum absolute atomic E-state index is 4.96. The maximum atomic E-state index is 4.96. The molecule has 0 amide bonds. The lowest BCUT2D eigenvalue weighted by Gasteiger charge is -2.07. The zero-order valence-electron chi connectivity index (χ0n) is 9.33. The minimum Gasteiger partial charge on any atom is -0.385 e. The van der Waals surface area contributed by atoms with Gasteiger partial charge in [-0.2, -0.15) is 0 Å². The molecule has 0 aliphatic carbocycles. The summed E-state index contributed by atoms with van der Waals surface area (Å²) in [5.41, 5.74) is 1.18. The summed E-state index contributed by atoms with van der Waals surface area (Å²) in [4.78, 5) is 0. The van der Waals surface area contributed by atoms with E-state index in [1.54, 1.807) is 7.11 Å². The molecular formula is C12H20N2O. The molecule has 0 spiro atoms. The summed E-state index contributed by atoms with van der Waals surface area (Å²) in [6, 6.07) is 10.2. The van der Waals surface area contributed by atoms with Gasteiger partial charge in [0.25, 0.3) is 0 Å². The Hall–Kier alpha value is -1.06. The van der Waals surface area contributed by atoms with Gasteiger partial charge in [-0.15, -0.1) is 0 Å². The van der Waals surface area contributed by atoms with Gasteiger partial charge < -0.3 is 15.4 Å². The van der Waals surface area contributed by atoms with Gasteiger partial charge in [-0.1, -0.05) is 18.2 Å². The van der Waals surface area contributed by atoms with E-state index in [-0.39, 0.29) is 0 Å². The number of methoxy groups -OCH3 is 1. The van der Waals surface area contributed by atoms with Gasteiger partial charge >= 0.3 is 0 Å². The van der Waals surface area contributed by atoms with Crippen LogP contribution in [0.3, 0.4) is 0 Å². The zero-order chi connectivity index (χ0) is 10.8. The predicted octanol–water partition coefficient (Wildman–Crippen LogP) is 1.72. The van der Waals surface area contributed by atoms with Crippen molar-refractivity contribution in [3.05, 3.63) is 30.3 Å². The fourth-order valence-corrected chi connectivity index (χ4v) is 1.32. The van der Waals surface area contributed by atoms with E-state index in [1.807, 2.05) is 18.2 Å². The van der Waals surface area contributed by atoms with Crippen molar-refractivity contribution in [2.45, 2.75) is 6.42 Å². The number of nitrogens with one attached hydrogen (secondary N) is 2. The average molecular weight is 208 g/mol. The van der Waals surface area contributed by atoms with E-state index >= 15 is 0 Å². The van der Waals surface area contributed by atoms with Crippen molar-refractivity contribution in [2.75, 3.05) is 38.7 Å². The molecular weight excluding hydrogens is 188 g/mol. The highest BCUT2D eigenvalue weighted by atomic mass is 16.5. The van der Waals surface area contributed by atoms with Crippen molar-refractivity contribution in [2.24, 2.45) is 0 Å². The normalized spacial score (nSPS) is 10.2. The van der Waals surface area contributed by atoms with Crippen LogP contribution >= 0.6 is 0 Å². The Bertz CT molecular complexity index is 239. The molecule has 0 aliphatic rings. The largest absolute Gasteiger partial charge is 0.385 e. The first-order valence-corrected chi connectivity index (χ1v) is 5.42. The molecule has 0 atom stereocenters. The smallest absolute Gasteiger partial charge is 0.0474 e. The number of ether oxygens (including phenoxy) is 1. The Morgan fingerprint density at radius 3 is 2.60 bits per heavy atom. The molecule has 0 unspecified atom stereocenters.